The molecule has 0 aromatic carbocycles. The Hall–Kier alpha value is 0.319. The van der Waals surface area contributed by atoms with Crippen molar-refractivity contribution < 1.29 is 17.1 Å². The summed E-state index contributed by atoms with van der Waals surface area (Å²) in [5.41, 5.74) is 4.50. The smallest absolute Gasteiger partial charge is 0.130 e. The molecule has 0 radical (unpaired) electrons. The van der Waals surface area contributed by atoms with Crippen LogP contribution in [0.5, 0.6) is 0 Å². The second kappa shape index (κ2) is 57.0. The maximum absolute atomic E-state index is 7.18. The van der Waals surface area contributed by atoms with Crippen LogP contribution in [0.25, 0.3) is 0 Å². The Bertz CT molecular complexity index is 33.0. The molecule has 0 spiro atoms. The maximum Gasteiger partial charge on any atom is 0.130 e. The largest absolute Gasteiger partial charge is 0.333 e. The SMILES string of the molecule is CN.N#CS.[Fe]. The summed E-state index contributed by atoms with van der Waals surface area (Å²) in [6.45, 7) is 0. The van der Waals surface area contributed by atoms with Crippen molar-refractivity contribution in [1.82, 2.24) is 0 Å². The van der Waals surface area contributed by atoms with Crippen molar-refractivity contribution >= 4 is 12.6 Å². The molecule has 0 aromatic heterocycles. The van der Waals surface area contributed by atoms with Gasteiger partial charge in [-0.3, -0.25) is 0 Å². The van der Waals surface area contributed by atoms with Crippen molar-refractivity contribution in [3.05, 3.63) is 0 Å². The van der Waals surface area contributed by atoms with E-state index in [1.807, 2.05) is 0 Å². The number of nitrogens with zero attached hydrogens (tertiary/aromatic N) is 1. The maximum atomic E-state index is 7.18. The fraction of sp³-hybridized carbons (Fsp3) is 0.500. The monoisotopic (exact) mass is 146 g/mol. The molecule has 0 amide bonds. The number of rotatable bonds is 0. The molecular formula is C2H6FeN2S. The fourth-order valence-corrected chi connectivity index (χ4v) is 0. The predicted octanol–water partition coefficient (Wildman–Crippen LogP) is -0.0303. The zero-order valence-corrected chi connectivity index (χ0v) is 5.32. The van der Waals surface area contributed by atoms with Crippen LogP contribution in [-0.4, -0.2) is 7.05 Å². The van der Waals surface area contributed by atoms with E-state index >= 15 is 0 Å². The number of hydrogen-bond donors (Lipinski definition) is 2. The third-order valence-corrected chi connectivity index (χ3v) is 0. The summed E-state index contributed by atoms with van der Waals surface area (Å²) in [6.07, 6.45) is 0. The summed E-state index contributed by atoms with van der Waals surface area (Å²) in [7, 11) is 1.50. The van der Waals surface area contributed by atoms with Gasteiger partial charge in [-0.25, -0.2) is 0 Å². The van der Waals surface area contributed by atoms with Gasteiger partial charge in [0.05, 0.1) is 0 Å². The van der Waals surface area contributed by atoms with Gasteiger partial charge in [0.25, 0.3) is 0 Å². The van der Waals surface area contributed by atoms with Crippen LogP contribution >= 0.6 is 12.6 Å². The van der Waals surface area contributed by atoms with Gasteiger partial charge in [-0.1, -0.05) is 12.6 Å². The molecule has 0 fully saturated rings. The van der Waals surface area contributed by atoms with Gasteiger partial charge in [0.2, 0.25) is 0 Å². The van der Waals surface area contributed by atoms with Crippen molar-refractivity contribution in [2.24, 2.45) is 5.73 Å². The normalized spacial score (nSPS) is 2.33. The van der Waals surface area contributed by atoms with Crippen LogP contribution in [-0.2, 0) is 17.1 Å². The first-order valence-electron chi connectivity index (χ1n) is 1.02. The Balaban J connectivity index is -0.0000000275. The second-order valence-corrected chi connectivity index (χ2v) is 0.300. The molecule has 4 heteroatoms. The van der Waals surface area contributed by atoms with Crippen LogP contribution in [0.3, 0.4) is 0 Å². The molecule has 2 nitrogen and oxygen atoms in total. The minimum Gasteiger partial charge on any atom is -0.333 e. The number of thiol groups is 1. The van der Waals surface area contributed by atoms with E-state index in [1.165, 1.54) is 12.4 Å². The van der Waals surface area contributed by atoms with E-state index < -0.39 is 0 Å². The zero-order chi connectivity index (χ0) is 4.71. The summed E-state index contributed by atoms with van der Waals surface area (Å²) in [6, 6.07) is 0. The number of hydrogen-bond acceptors (Lipinski definition) is 3. The molecule has 38 valence electrons. The average molecular weight is 146 g/mol. The van der Waals surface area contributed by atoms with Crippen molar-refractivity contribution in [1.29, 1.82) is 5.26 Å². The van der Waals surface area contributed by atoms with Gasteiger partial charge >= 0.3 is 0 Å². The zero-order valence-electron chi connectivity index (χ0n) is 3.33. The van der Waals surface area contributed by atoms with Crippen LogP contribution in [0.1, 0.15) is 0 Å². The predicted molar refractivity (Wildman–Crippen MR) is 24.7 cm³/mol. The molecule has 0 aliphatic rings. The van der Waals surface area contributed by atoms with Gasteiger partial charge in [0.15, 0.2) is 0 Å². The Morgan fingerprint density at radius 2 is 1.67 bits per heavy atom. The topological polar surface area (TPSA) is 49.8 Å². The second-order valence-electron chi connectivity index (χ2n) is 0.100. The standard InChI is InChI=1S/CHNS.CH5N.Fe/c2-1-3;1-2;/h3H;2H2,1H3;. The summed E-state index contributed by atoms with van der Waals surface area (Å²) in [5, 5.41) is 8.63. The van der Waals surface area contributed by atoms with Gasteiger partial charge in [0, 0.05) is 17.1 Å². The molecule has 0 heterocycles. The minimum absolute atomic E-state index is 0. The molecule has 0 rings (SSSR count). The van der Waals surface area contributed by atoms with Gasteiger partial charge in [0.1, 0.15) is 5.40 Å². The van der Waals surface area contributed by atoms with Crippen LogP contribution in [0.4, 0.5) is 0 Å². The molecule has 0 atom stereocenters. The van der Waals surface area contributed by atoms with Crippen LogP contribution in [0, 0.1) is 10.7 Å². The van der Waals surface area contributed by atoms with E-state index in [1.54, 1.807) is 0 Å². The van der Waals surface area contributed by atoms with Crippen molar-refractivity contribution in [2.45, 2.75) is 0 Å². The molecule has 0 saturated carbocycles. The van der Waals surface area contributed by atoms with Gasteiger partial charge in [-0.2, -0.15) is 5.26 Å². The molecule has 0 aliphatic heterocycles. The molecule has 0 aromatic rings. The van der Waals surface area contributed by atoms with Crippen LogP contribution in [0.2, 0.25) is 0 Å². The van der Waals surface area contributed by atoms with E-state index in [2.05, 4.69) is 18.4 Å². The molecular weight excluding hydrogens is 140 g/mol. The van der Waals surface area contributed by atoms with Crippen molar-refractivity contribution in [3.8, 4) is 5.40 Å². The summed E-state index contributed by atoms with van der Waals surface area (Å²) in [5.74, 6) is 0. The van der Waals surface area contributed by atoms with E-state index in [0.717, 1.165) is 0 Å². The van der Waals surface area contributed by atoms with Crippen LogP contribution in [0.15, 0.2) is 0 Å². The van der Waals surface area contributed by atoms with E-state index in [-0.39, 0.29) is 17.1 Å². The summed E-state index contributed by atoms with van der Waals surface area (Å²) < 4.78 is 0. The first kappa shape index (κ1) is 16.2. The fourth-order valence-electron chi connectivity index (χ4n) is 0. The Labute approximate surface area is 53.6 Å². The number of nitriles is 1. The van der Waals surface area contributed by atoms with Gasteiger partial charge in [-0.05, 0) is 7.05 Å². The minimum atomic E-state index is 0. The molecule has 6 heavy (non-hydrogen) atoms. The summed E-state index contributed by atoms with van der Waals surface area (Å²) in [4.78, 5) is 0. The Kier molecular flexibility index (Phi) is 154. The average Bonchev–Trinajstić information content (AvgIpc) is 1.46. The Morgan fingerprint density at radius 3 is 1.67 bits per heavy atom. The third-order valence-electron chi connectivity index (χ3n) is 0. The molecule has 0 unspecified atom stereocenters. The van der Waals surface area contributed by atoms with Crippen molar-refractivity contribution in [3.63, 3.8) is 0 Å². The molecule has 2 N–H and O–H groups in total. The number of nitrogens with two attached hydrogens (primary N) is 1. The first-order chi connectivity index (χ1) is 2.41. The van der Waals surface area contributed by atoms with E-state index in [0.29, 0.717) is 0 Å². The molecule has 0 bridgehead atoms. The quantitative estimate of drug-likeness (QED) is 0.286. The third kappa shape index (κ3) is 466. The van der Waals surface area contributed by atoms with E-state index in [9.17, 15) is 0 Å². The van der Waals surface area contributed by atoms with Gasteiger partial charge < -0.3 is 5.73 Å². The van der Waals surface area contributed by atoms with Crippen molar-refractivity contribution in [2.75, 3.05) is 7.05 Å². The first-order valence-corrected chi connectivity index (χ1v) is 1.47. The Morgan fingerprint density at radius 1 is 1.67 bits per heavy atom. The van der Waals surface area contributed by atoms with E-state index in [4.69, 9.17) is 5.26 Å². The number of thiocyanates is 1. The van der Waals surface area contributed by atoms with Gasteiger partial charge in [-0.15, -0.1) is 0 Å². The summed E-state index contributed by atoms with van der Waals surface area (Å²) >= 11 is 3.09. The molecule has 0 saturated heterocycles. The molecule has 0 aliphatic carbocycles. The van der Waals surface area contributed by atoms with Crippen LogP contribution < -0.4 is 5.73 Å².